The van der Waals surface area contributed by atoms with Gasteiger partial charge in [0.15, 0.2) is 0 Å². The topological polar surface area (TPSA) is 72.9 Å². The van der Waals surface area contributed by atoms with Crippen LogP contribution in [-0.4, -0.2) is 65.7 Å². The molecule has 2 aliphatic rings. The summed E-state index contributed by atoms with van der Waals surface area (Å²) >= 11 is 0. The van der Waals surface area contributed by atoms with E-state index in [1.54, 1.807) is 4.90 Å². The Bertz CT molecular complexity index is 354. The maximum atomic E-state index is 12.2. The zero-order valence-corrected chi connectivity index (χ0v) is 12.2. The zero-order chi connectivity index (χ0) is 14.5. The van der Waals surface area contributed by atoms with Gasteiger partial charge in [0, 0.05) is 25.7 Å². The number of nitrogens with one attached hydrogen (secondary N) is 1. The van der Waals surface area contributed by atoms with Gasteiger partial charge in [0.25, 0.3) is 0 Å². The monoisotopic (exact) mass is 283 g/mol. The van der Waals surface area contributed by atoms with Gasteiger partial charge in [0.2, 0.25) is 0 Å². The van der Waals surface area contributed by atoms with Crippen molar-refractivity contribution in [1.82, 2.24) is 15.1 Å². The minimum absolute atomic E-state index is 0.0307. The second-order valence-electron chi connectivity index (χ2n) is 5.78. The van der Waals surface area contributed by atoms with Crippen molar-refractivity contribution in [2.45, 2.75) is 38.6 Å². The molecule has 6 nitrogen and oxygen atoms in total. The Kier molecular flexibility index (Phi) is 5.23. The van der Waals surface area contributed by atoms with Gasteiger partial charge in [0.1, 0.15) is 0 Å². The number of hydrogen-bond donors (Lipinski definition) is 2. The molecule has 0 aliphatic carbocycles. The number of urea groups is 1. The number of likely N-dealkylation sites (N-methyl/N-ethyl adjacent to an activating group) is 1. The summed E-state index contributed by atoms with van der Waals surface area (Å²) in [6.45, 7) is 6.30. The Labute approximate surface area is 120 Å². The Morgan fingerprint density at radius 2 is 1.90 bits per heavy atom. The third-order valence-corrected chi connectivity index (χ3v) is 4.41. The summed E-state index contributed by atoms with van der Waals surface area (Å²) in [4.78, 5) is 27.2. The summed E-state index contributed by atoms with van der Waals surface area (Å²) < 4.78 is 0. The van der Waals surface area contributed by atoms with Crippen LogP contribution in [0.4, 0.5) is 4.79 Å². The predicted octanol–water partition coefficient (Wildman–Crippen LogP) is 0.977. The molecule has 2 N–H and O–H groups in total. The minimum atomic E-state index is -0.740. The van der Waals surface area contributed by atoms with E-state index in [0.717, 1.165) is 32.5 Å². The second-order valence-corrected chi connectivity index (χ2v) is 5.78. The third kappa shape index (κ3) is 3.85. The first-order chi connectivity index (χ1) is 9.60. The van der Waals surface area contributed by atoms with Crippen molar-refractivity contribution in [3.8, 4) is 0 Å². The van der Waals surface area contributed by atoms with Gasteiger partial charge in [-0.05, 0) is 38.8 Å². The zero-order valence-electron chi connectivity index (χ0n) is 12.2. The smallest absolute Gasteiger partial charge is 0.317 e. The van der Waals surface area contributed by atoms with E-state index < -0.39 is 5.97 Å². The molecule has 0 aromatic rings. The maximum Gasteiger partial charge on any atom is 0.317 e. The molecule has 114 valence electrons. The van der Waals surface area contributed by atoms with Crippen LogP contribution in [0.25, 0.3) is 0 Å². The fourth-order valence-corrected chi connectivity index (χ4v) is 3.06. The molecule has 0 aromatic carbocycles. The molecule has 0 spiro atoms. The van der Waals surface area contributed by atoms with Crippen LogP contribution >= 0.6 is 0 Å². The molecule has 0 radical (unpaired) electrons. The van der Waals surface area contributed by atoms with Gasteiger partial charge < -0.3 is 20.2 Å². The van der Waals surface area contributed by atoms with Crippen LogP contribution in [0.5, 0.6) is 0 Å². The van der Waals surface area contributed by atoms with Gasteiger partial charge >= 0.3 is 12.0 Å². The number of piperidine rings is 2. The molecule has 2 saturated heterocycles. The summed E-state index contributed by atoms with van der Waals surface area (Å²) in [6, 6.07) is 0.199. The summed E-state index contributed by atoms with van der Waals surface area (Å²) in [5, 5.41) is 12.1. The van der Waals surface area contributed by atoms with E-state index in [0.29, 0.717) is 25.9 Å². The standard InChI is InChI=1S/C14H25N3O3/c1-2-16-7-3-4-12(10-16)15-14(20)17-8-5-11(6-9-17)13(18)19/h11-12H,2-10H2,1H3,(H,15,20)(H,18,19). The van der Waals surface area contributed by atoms with Gasteiger partial charge in [-0.15, -0.1) is 0 Å². The second kappa shape index (κ2) is 6.92. The van der Waals surface area contributed by atoms with Crippen LogP contribution in [0.3, 0.4) is 0 Å². The van der Waals surface area contributed by atoms with Crippen LogP contribution in [0, 0.1) is 5.92 Å². The fraction of sp³-hybridized carbons (Fsp3) is 0.857. The molecule has 1 unspecified atom stereocenters. The van der Waals surface area contributed by atoms with E-state index >= 15 is 0 Å². The molecule has 20 heavy (non-hydrogen) atoms. The molecular weight excluding hydrogens is 258 g/mol. The van der Waals surface area contributed by atoms with Crippen molar-refractivity contribution >= 4 is 12.0 Å². The van der Waals surface area contributed by atoms with Crippen molar-refractivity contribution in [2.75, 3.05) is 32.7 Å². The predicted molar refractivity (Wildman–Crippen MR) is 75.6 cm³/mol. The maximum absolute atomic E-state index is 12.2. The summed E-state index contributed by atoms with van der Waals surface area (Å²) in [6.07, 6.45) is 3.29. The van der Waals surface area contributed by atoms with Crippen LogP contribution in [-0.2, 0) is 4.79 Å². The molecule has 6 heteroatoms. The molecule has 2 rings (SSSR count). The first-order valence-corrected chi connectivity index (χ1v) is 7.60. The summed E-state index contributed by atoms with van der Waals surface area (Å²) in [7, 11) is 0. The van der Waals surface area contributed by atoms with E-state index in [9.17, 15) is 9.59 Å². The summed E-state index contributed by atoms with van der Waals surface area (Å²) in [5.74, 6) is -1.03. The van der Waals surface area contributed by atoms with Gasteiger partial charge in [-0.1, -0.05) is 6.92 Å². The van der Waals surface area contributed by atoms with E-state index in [4.69, 9.17) is 5.11 Å². The lowest BCUT2D eigenvalue weighted by Gasteiger charge is -2.35. The van der Waals surface area contributed by atoms with Gasteiger partial charge in [-0.3, -0.25) is 4.79 Å². The van der Waals surface area contributed by atoms with Crippen molar-refractivity contribution in [3.63, 3.8) is 0 Å². The highest BCUT2D eigenvalue weighted by atomic mass is 16.4. The largest absolute Gasteiger partial charge is 0.481 e. The van der Waals surface area contributed by atoms with E-state index in [1.165, 1.54) is 0 Å². The van der Waals surface area contributed by atoms with Crippen molar-refractivity contribution in [2.24, 2.45) is 5.92 Å². The minimum Gasteiger partial charge on any atom is -0.481 e. The van der Waals surface area contributed by atoms with Crippen LogP contribution in [0.2, 0.25) is 0 Å². The molecular formula is C14H25N3O3. The Morgan fingerprint density at radius 1 is 1.20 bits per heavy atom. The lowest BCUT2D eigenvalue weighted by Crippen LogP contribution is -2.53. The van der Waals surface area contributed by atoms with E-state index in [1.807, 2.05) is 0 Å². The molecule has 0 bridgehead atoms. The number of aliphatic carboxylic acids is 1. The highest BCUT2D eigenvalue weighted by Gasteiger charge is 2.28. The number of likely N-dealkylation sites (tertiary alicyclic amines) is 2. The lowest BCUT2D eigenvalue weighted by molar-refractivity contribution is -0.143. The number of amides is 2. The average Bonchev–Trinajstić information content (AvgIpc) is 2.47. The number of rotatable bonds is 3. The molecule has 0 saturated carbocycles. The number of carboxylic acid groups (broad SMARTS) is 1. The van der Waals surface area contributed by atoms with Crippen molar-refractivity contribution in [1.29, 1.82) is 0 Å². The van der Waals surface area contributed by atoms with Crippen LogP contribution in [0.15, 0.2) is 0 Å². The van der Waals surface area contributed by atoms with Crippen molar-refractivity contribution in [3.05, 3.63) is 0 Å². The molecule has 2 amide bonds. The fourth-order valence-electron chi connectivity index (χ4n) is 3.06. The SMILES string of the molecule is CCN1CCCC(NC(=O)N2CCC(C(=O)O)CC2)C1. The van der Waals surface area contributed by atoms with E-state index in [-0.39, 0.29) is 18.0 Å². The first-order valence-electron chi connectivity index (χ1n) is 7.60. The van der Waals surface area contributed by atoms with E-state index in [2.05, 4.69) is 17.1 Å². The normalized spacial score (nSPS) is 25.4. The number of hydrogen-bond acceptors (Lipinski definition) is 3. The third-order valence-electron chi connectivity index (χ3n) is 4.41. The Balaban J connectivity index is 1.76. The highest BCUT2D eigenvalue weighted by molar-refractivity contribution is 5.75. The molecule has 2 aliphatic heterocycles. The number of nitrogens with zero attached hydrogens (tertiary/aromatic N) is 2. The number of carbonyl (C=O) groups excluding carboxylic acids is 1. The Morgan fingerprint density at radius 3 is 2.50 bits per heavy atom. The number of carboxylic acids is 1. The van der Waals surface area contributed by atoms with Crippen LogP contribution in [0.1, 0.15) is 32.6 Å². The van der Waals surface area contributed by atoms with Gasteiger partial charge in [-0.25, -0.2) is 4.79 Å². The number of carbonyl (C=O) groups is 2. The average molecular weight is 283 g/mol. The molecule has 2 fully saturated rings. The molecule has 0 aromatic heterocycles. The van der Waals surface area contributed by atoms with Gasteiger partial charge in [-0.2, -0.15) is 0 Å². The molecule has 1 atom stereocenters. The summed E-state index contributed by atoms with van der Waals surface area (Å²) in [5.41, 5.74) is 0. The van der Waals surface area contributed by atoms with Gasteiger partial charge in [0.05, 0.1) is 5.92 Å². The molecule has 2 heterocycles. The first kappa shape index (κ1) is 15.1. The quantitative estimate of drug-likeness (QED) is 0.810. The highest BCUT2D eigenvalue weighted by Crippen LogP contribution is 2.18. The lowest BCUT2D eigenvalue weighted by atomic mass is 9.97. The Hall–Kier alpha value is -1.30. The van der Waals surface area contributed by atoms with Crippen LogP contribution < -0.4 is 5.32 Å². The van der Waals surface area contributed by atoms with Crippen molar-refractivity contribution < 1.29 is 14.7 Å².